The number of aliphatic hydroxyl groups excluding tert-OH is 1. The van der Waals surface area contributed by atoms with Gasteiger partial charge in [-0.2, -0.15) is 0 Å². The summed E-state index contributed by atoms with van der Waals surface area (Å²) in [6, 6.07) is 14.4. The molecule has 33 heavy (non-hydrogen) atoms. The summed E-state index contributed by atoms with van der Waals surface area (Å²) in [5.41, 5.74) is 2.91. The summed E-state index contributed by atoms with van der Waals surface area (Å²) in [7, 11) is 0. The Labute approximate surface area is 193 Å². The number of aromatic nitrogens is 2. The van der Waals surface area contributed by atoms with E-state index in [4.69, 9.17) is 21.4 Å². The topological polar surface area (TPSA) is 82.8 Å². The van der Waals surface area contributed by atoms with Gasteiger partial charge >= 0.3 is 0 Å². The molecule has 170 valence electrons. The number of ether oxygens (including phenoxy) is 1. The van der Waals surface area contributed by atoms with Crippen LogP contribution in [0.1, 0.15) is 26.2 Å². The van der Waals surface area contributed by atoms with E-state index in [9.17, 15) is 4.79 Å². The Morgan fingerprint density at radius 3 is 2.39 bits per heavy atom. The first kappa shape index (κ1) is 22.6. The molecule has 1 fully saturated rings. The van der Waals surface area contributed by atoms with Crippen molar-refractivity contribution in [2.75, 3.05) is 31.2 Å². The highest BCUT2D eigenvalue weighted by Gasteiger charge is 2.22. The van der Waals surface area contributed by atoms with E-state index in [0.29, 0.717) is 28.6 Å². The molecule has 0 unspecified atom stereocenters. The quantitative estimate of drug-likeness (QED) is 0.518. The number of hydrogen-bond acceptors (Lipinski definition) is 5. The van der Waals surface area contributed by atoms with Crippen molar-refractivity contribution in [3.05, 3.63) is 70.3 Å². The van der Waals surface area contributed by atoms with Gasteiger partial charge in [0.05, 0.1) is 24.4 Å². The zero-order chi connectivity index (χ0) is 23.2. The molecular weight excluding hydrogens is 416 g/mol. The predicted octanol–water partition coefficient (Wildman–Crippen LogP) is 4.65. The number of nitrogens with one attached hydrogen (secondary N) is 1. The number of piperidine rings is 1. The molecular formula is C26H28N4O3. The lowest BCUT2D eigenvalue weighted by Crippen LogP contribution is -2.36. The minimum absolute atomic E-state index is 0.0624. The summed E-state index contributed by atoms with van der Waals surface area (Å²) in [5, 5.41) is 8.96. The summed E-state index contributed by atoms with van der Waals surface area (Å²) in [6.45, 7) is 11.3. The molecule has 1 saturated heterocycles. The maximum Gasteiger partial charge on any atom is 0.260 e. The fourth-order valence-corrected chi connectivity index (χ4v) is 4.22. The van der Waals surface area contributed by atoms with Gasteiger partial charge in [0.15, 0.2) is 5.69 Å². The molecule has 1 aliphatic heterocycles. The van der Waals surface area contributed by atoms with E-state index < -0.39 is 0 Å². The van der Waals surface area contributed by atoms with Crippen LogP contribution in [-0.4, -0.2) is 41.4 Å². The van der Waals surface area contributed by atoms with Gasteiger partial charge in [-0.15, -0.1) is 0 Å². The lowest BCUT2D eigenvalue weighted by molar-refractivity contribution is 0.201. The standard InChI is InChI=1S/C26H28N4O3/c1-3-18-12-14-30(15-13-18)26-28-24(20-4-8-21(27-2)9-5-20)23(25(32)29-26)19-6-10-22(11-7-19)33-17-16-31/h4-11,18,31H,3,12-17H2,1H3,(H,28,29,32). The number of nitrogens with zero attached hydrogens (tertiary/aromatic N) is 3. The summed E-state index contributed by atoms with van der Waals surface area (Å²) in [5.74, 6) is 1.93. The van der Waals surface area contributed by atoms with E-state index in [0.717, 1.165) is 43.0 Å². The van der Waals surface area contributed by atoms with E-state index in [1.54, 1.807) is 24.3 Å². The first-order valence-electron chi connectivity index (χ1n) is 11.3. The SMILES string of the molecule is [C-]#[N+]c1ccc(-c2nc(N3CCC(CC)CC3)[nH]c(=O)c2-c2ccc(OCCO)cc2)cc1. The third-order valence-electron chi connectivity index (χ3n) is 6.17. The Bertz CT molecular complexity index is 1170. The highest BCUT2D eigenvalue weighted by Crippen LogP contribution is 2.32. The van der Waals surface area contributed by atoms with Crippen LogP contribution in [0.4, 0.5) is 11.6 Å². The van der Waals surface area contributed by atoms with E-state index in [1.807, 2.05) is 24.3 Å². The number of aromatic amines is 1. The number of H-pyrrole nitrogens is 1. The van der Waals surface area contributed by atoms with E-state index in [2.05, 4.69) is 21.7 Å². The van der Waals surface area contributed by atoms with Gasteiger partial charge in [0.1, 0.15) is 12.4 Å². The molecule has 2 aromatic carbocycles. The molecule has 0 amide bonds. The van der Waals surface area contributed by atoms with Gasteiger partial charge in [0.2, 0.25) is 5.95 Å². The highest BCUT2D eigenvalue weighted by atomic mass is 16.5. The number of rotatable bonds is 7. The van der Waals surface area contributed by atoms with E-state index >= 15 is 0 Å². The molecule has 1 aliphatic rings. The second kappa shape index (κ2) is 10.3. The van der Waals surface area contributed by atoms with Gasteiger partial charge < -0.3 is 14.7 Å². The van der Waals surface area contributed by atoms with Crippen LogP contribution in [0.3, 0.4) is 0 Å². The predicted molar refractivity (Wildman–Crippen MR) is 130 cm³/mol. The molecule has 7 heteroatoms. The van der Waals surface area contributed by atoms with Crippen LogP contribution in [-0.2, 0) is 0 Å². The van der Waals surface area contributed by atoms with Gasteiger partial charge in [0, 0.05) is 13.1 Å². The van der Waals surface area contributed by atoms with Crippen LogP contribution in [0.5, 0.6) is 5.75 Å². The Kier molecular flexibility index (Phi) is 7.06. The Morgan fingerprint density at radius 2 is 1.79 bits per heavy atom. The molecule has 0 atom stereocenters. The minimum atomic E-state index is -0.203. The van der Waals surface area contributed by atoms with Gasteiger partial charge in [-0.3, -0.25) is 9.78 Å². The zero-order valence-corrected chi connectivity index (χ0v) is 18.8. The molecule has 3 aromatic rings. The minimum Gasteiger partial charge on any atom is -0.491 e. The summed E-state index contributed by atoms with van der Waals surface area (Å²) in [6.07, 6.45) is 3.35. The number of hydrogen-bond donors (Lipinski definition) is 2. The number of benzene rings is 2. The second-order valence-electron chi connectivity index (χ2n) is 8.21. The zero-order valence-electron chi connectivity index (χ0n) is 18.8. The lowest BCUT2D eigenvalue weighted by atomic mass is 9.94. The summed E-state index contributed by atoms with van der Waals surface area (Å²) in [4.78, 5) is 26.9. The van der Waals surface area contributed by atoms with E-state index in [-0.39, 0.29) is 18.8 Å². The smallest absolute Gasteiger partial charge is 0.260 e. The van der Waals surface area contributed by atoms with Crippen LogP contribution >= 0.6 is 0 Å². The van der Waals surface area contributed by atoms with Gasteiger partial charge in [-0.1, -0.05) is 49.7 Å². The van der Waals surface area contributed by atoms with Gasteiger partial charge in [0.25, 0.3) is 5.56 Å². The maximum atomic E-state index is 13.3. The van der Waals surface area contributed by atoms with Crippen LogP contribution in [0.15, 0.2) is 53.3 Å². The Balaban J connectivity index is 1.76. The molecule has 0 saturated carbocycles. The van der Waals surface area contributed by atoms with Crippen molar-refractivity contribution >= 4 is 11.6 Å². The Hall–Kier alpha value is -3.63. The van der Waals surface area contributed by atoms with Gasteiger partial charge in [-0.25, -0.2) is 9.83 Å². The van der Waals surface area contributed by atoms with Crippen LogP contribution in [0.2, 0.25) is 0 Å². The first-order chi connectivity index (χ1) is 16.1. The highest BCUT2D eigenvalue weighted by molar-refractivity contribution is 5.81. The summed E-state index contributed by atoms with van der Waals surface area (Å²) >= 11 is 0. The molecule has 0 spiro atoms. The van der Waals surface area contributed by atoms with Crippen molar-refractivity contribution in [2.24, 2.45) is 5.92 Å². The normalized spacial score (nSPS) is 14.2. The molecule has 7 nitrogen and oxygen atoms in total. The van der Waals surface area contributed by atoms with Crippen LogP contribution < -0.4 is 15.2 Å². The van der Waals surface area contributed by atoms with Crippen molar-refractivity contribution in [1.82, 2.24) is 9.97 Å². The first-order valence-corrected chi connectivity index (χ1v) is 11.3. The van der Waals surface area contributed by atoms with Crippen LogP contribution in [0.25, 0.3) is 27.2 Å². The van der Waals surface area contributed by atoms with Crippen molar-refractivity contribution in [3.8, 4) is 28.1 Å². The average molecular weight is 445 g/mol. The largest absolute Gasteiger partial charge is 0.491 e. The van der Waals surface area contributed by atoms with Crippen molar-refractivity contribution < 1.29 is 9.84 Å². The fourth-order valence-electron chi connectivity index (χ4n) is 4.22. The van der Waals surface area contributed by atoms with Crippen molar-refractivity contribution in [3.63, 3.8) is 0 Å². The maximum absolute atomic E-state index is 13.3. The molecule has 2 N–H and O–H groups in total. The lowest BCUT2D eigenvalue weighted by Gasteiger charge is -2.32. The fraction of sp³-hybridized carbons (Fsp3) is 0.346. The number of anilines is 1. The molecule has 2 heterocycles. The second-order valence-corrected chi connectivity index (χ2v) is 8.21. The number of aliphatic hydroxyl groups is 1. The Morgan fingerprint density at radius 1 is 1.12 bits per heavy atom. The van der Waals surface area contributed by atoms with Gasteiger partial charge in [-0.05, 0) is 42.0 Å². The average Bonchev–Trinajstić information content (AvgIpc) is 2.87. The van der Waals surface area contributed by atoms with Crippen LogP contribution in [0, 0.1) is 12.5 Å². The molecule has 0 bridgehead atoms. The third kappa shape index (κ3) is 5.07. The van der Waals surface area contributed by atoms with Crippen molar-refractivity contribution in [1.29, 1.82) is 0 Å². The summed E-state index contributed by atoms with van der Waals surface area (Å²) < 4.78 is 5.45. The molecule has 1 aromatic heterocycles. The molecule has 0 radical (unpaired) electrons. The molecule has 4 rings (SSSR count). The third-order valence-corrected chi connectivity index (χ3v) is 6.17. The molecule has 0 aliphatic carbocycles. The van der Waals surface area contributed by atoms with Crippen molar-refractivity contribution in [2.45, 2.75) is 26.2 Å². The van der Waals surface area contributed by atoms with E-state index in [1.165, 1.54) is 6.42 Å². The monoisotopic (exact) mass is 444 g/mol.